The summed E-state index contributed by atoms with van der Waals surface area (Å²) in [6.45, 7) is 3.45. The van der Waals surface area contributed by atoms with Crippen LogP contribution in [0.1, 0.15) is 13.8 Å². The Morgan fingerprint density at radius 3 is 2.42 bits per heavy atom. The molecule has 3 aliphatic rings. The molecule has 0 aromatic rings. The van der Waals surface area contributed by atoms with Gasteiger partial charge in [-0.2, -0.15) is 8.42 Å². The number of hydrogen-bond donors (Lipinski definition) is 0. The Labute approximate surface area is 111 Å². The summed E-state index contributed by atoms with van der Waals surface area (Å²) in [7, 11) is -2.44. The van der Waals surface area contributed by atoms with Crippen LogP contribution in [0.15, 0.2) is 0 Å². The fourth-order valence-electron chi connectivity index (χ4n) is 2.59. The zero-order valence-electron chi connectivity index (χ0n) is 10.8. The predicted octanol–water partition coefficient (Wildman–Crippen LogP) is -0.462. The molecule has 3 heterocycles. The van der Waals surface area contributed by atoms with E-state index in [0.717, 1.165) is 0 Å². The van der Waals surface area contributed by atoms with E-state index < -0.39 is 46.9 Å². The molecule has 0 aliphatic carbocycles. The first-order chi connectivity index (χ1) is 8.81. The molecule has 3 fully saturated rings. The fraction of sp³-hybridized carbons (Fsp3) is 1.00. The summed E-state index contributed by atoms with van der Waals surface area (Å²) in [4.78, 5) is 0. The Morgan fingerprint density at radius 2 is 1.84 bits per heavy atom. The summed E-state index contributed by atoms with van der Waals surface area (Å²) in [5.41, 5.74) is 0. The molecule has 0 amide bonds. The van der Waals surface area contributed by atoms with Crippen molar-refractivity contribution in [2.45, 2.75) is 50.3 Å². The first-order valence-corrected chi connectivity index (χ1v) is 7.26. The Morgan fingerprint density at radius 1 is 1.16 bits per heavy atom. The third kappa shape index (κ3) is 2.40. The maximum atomic E-state index is 11.2. The Balaban J connectivity index is 1.80. The highest BCUT2D eigenvalue weighted by Gasteiger charge is 2.59. The molecule has 0 unspecified atom stereocenters. The van der Waals surface area contributed by atoms with Crippen molar-refractivity contribution in [3.05, 3.63) is 0 Å². The van der Waals surface area contributed by atoms with Crippen molar-refractivity contribution >= 4 is 10.4 Å². The number of hydrogen-bond acceptors (Lipinski definition) is 8. The molecular formula is C10H16O8S. The third-order valence-electron chi connectivity index (χ3n) is 3.26. The quantitative estimate of drug-likeness (QED) is 0.676. The maximum Gasteiger partial charge on any atom is 0.400 e. The van der Waals surface area contributed by atoms with Crippen molar-refractivity contribution < 1.29 is 35.7 Å². The van der Waals surface area contributed by atoms with Gasteiger partial charge >= 0.3 is 10.4 Å². The molecule has 0 bridgehead atoms. The second kappa shape index (κ2) is 4.35. The minimum Gasteiger partial charge on any atom is -0.353 e. The van der Waals surface area contributed by atoms with Crippen LogP contribution in [-0.2, 0) is 37.7 Å². The van der Waals surface area contributed by atoms with Gasteiger partial charge in [0.2, 0.25) is 0 Å². The van der Waals surface area contributed by atoms with Crippen LogP contribution in [0.2, 0.25) is 0 Å². The third-order valence-corrected chi connectivity index (χ3v) is 4.17. The lowest BCUT2D eigenvalue weighted by atomic mass is 10.1. The van der Waals surface area contributed by atoms with Gasteiger partial charge in [-0.25, -0.2) is 8.37 Å². The topological polar surface area (TPSA) is 89.5 Å². The van der Waals surface area contributed by atoms with Crippen molar-refractivity contribution in [2.24, 2.45) is 0 Å². The average molecular weight is 296 g/mol. The van der Waals surface area contributed by atoms with Crippen LogP contribution < -0.4 is 0 Å². The van der Waals surface area contributed by atoms with E-state index in [-0.39, 0.29) is 6.61 Å². The van der Waals surface area contributed by atoms with Gasteiger partial charge in [0.25, 0.3) is 0 Å². The second-order valence-corrected chi connectivity index (χ2v) is 6.34. The van der Waals surface area contributed by atoms with Crippen LogP contribution in [0.4, 0.5) is 0 Å². The molecule has 0 spiro atoms. The van der Waals surface area contributed by atoms with Gasteiger partial charge in [-0.1, -0.05) is 0 Å². The van der Waals surface area contributed by atoms with E-state index in [2.05, 4.69) is 4.18 Å². The average Bonchev–Trinajstić information content (AvgIpc) is 2.89. The van der Waals surface area contributed by atoms with Gasteiger partial charge in [0, 0.05) is 7.11 Å². The predicted molar refractivity (Wildman–Crippen MR) is 59.2 cm³/mol. The number of fused-ring (bicyclic) bond motifs is 1. The Kier molecular flexibility index (Phi) is 3.13. The van der Waals surface area contributed by atoms with E-state index in [1.807, 2.05) is 0 Å². The molecule has 3 rings (SSSR count). The van der Waals surface area contributed by atoms with Crippen LogP contribution in [0.5, 0.6) is 0 Å². The first kappa shape index (κ1) is 13.7. The van der Waals surface area contributed by atoms with E-state index in [1.165, 1.54) is 7.11 Å². The molecule has 0 aromatic carbocycles. The summed E-state index contributed by atoms with van der Waals surface area (Å²) in [6.07, 6.45) is -2.87. The molecule has 0 saturated carbocycles. The molecule has 3 saturated heterocycles. The molecular weight excluding hydrogens is 280 g/mol. The lowest BCUT2D eigenvalue weighted by molar-refractivity contribution is -0.234. The van der Waals surface area contributed by atoms with Gasteiger partial charge in [0.1, 0.15) is 24.4 Å². The van der Waals surface area contributed by atoms with Crippen LogP contribution in [-0.4, -0.2) is 58.6 Å². The monoisotopic (exact) mass is 296 g/mol. The number of methoxy groups -OCH3 is 1. The minimum atomic E-state index is -3.93. The molecule has 110 valence electrons. The summed E-state index contributed by atoms with van der Waals surface area (Å²) in [6, 6.07) is 0. The van der Waals surface area contributed by atoms with E-state index in [0.29, 0.717) is 0 Å². The molecule has 8 nitrogen and oxygen atoms in total. The fourth-order valence-corrected chi connectivity index (χ4v) is 3.41. The second-order valence-electron chi connectivity index (χ2n) is 5.10. The lowest BCUT2D eigenvalue weighted by Gasteiger charge is -2.24. The number of ether oxygens (including phenoxy) is 4. The van der Waals surface area contributed by atoms with Gasteiger partial charge in [-0.15, -0.1) is 0 Å². The van der Waals surface area contributed by atoms with Gasteiger partial charge in [-0.05, 0) is 13.8 Å². The highest BCUT2D eigenvalue weighted by atomic mass is 32.3. The maximum absolute atomic E-state index is 11.2. The number of rotatable bonds is 2. The molecule has 0 radical (unpaired) electrons. The zero-order valence-corrected chi connectivity index (χ0v) is 11.6. The van der Waals surface area contributed by atoms with Crippen LogP contribution in [0.3, 0.4) is 0 Å². The zero-order chi connectivity index (χ0) is 13.8. The SMILES string of the molecule is CO[C@H]1O[C@H]([C@H]2COS(=O)(=O)O2)[C@@H]2OC(C)(C)O[C@H]12. The van der Waals surface area contributed by atoms with Gasteiger partial charge in [0.15, 0.2) is 12.1 Å². The van der Waals surface area contributed by atoms with Crippen molar-refractivity contribution in [2.75, 3.05) is 13.7 Å². The summed E-state index contributed by atoms with van der Waals surface area (Å²) >= 11 is 0. The normalized spacial score (nSPS) is 47.4. The van der Waals surface area contributed by atoms with E-state index >= 15 is 0 Å². The Hall–Kier alpha value is -0.290. The molecule has 0 aromatic heterocycles. The highest BCUT2D eigenvalue weighted by Crippen LogP contribution is 2.41. The minimum absolute atomic E-state index is 0.101. The molecule has 5 atom stereocenters. The van der Waals surface area contributed by atoms with Crippen molar-refractivity contribution in [1.82, 2.24) is 0 Å². The van der Waals surface area contributed by atoms with E-state index in [9.17, 15) is 8.42 Å². The molecule has 9 heteroatoms. The molecule has 3 aliphatic heterocycles. The van der Waals surface area contributed by atoms with Gasteiger partial charge < -0.3 is 18.9 Å². The van der Waals surface area contributed by atoms with Crippen molar-refractivity contribution in [3.63, 3.8) is 0 Å². The first-order valence-electron chi connectivity index (χ1n) is 5.93. The van der Waals surface area contributed by atoms with Gasteiger partial charge in [0.05, 0.1) is 6.61 Å². The summed E-state index contributed by atoms with van der Waals surface area (Å²) in [5, 5.41) is 0. The summed E-state index contributed by atoms with van der Waals surface area (Å²) in [5.74, 6) is -0.771. The Bertz CT molecular complexity index is 460. The lowest BCUT2D eigenvalue weighted by Crippen LogP contribution is -2.39. The van der Waals surface area contributed by atoms with Crippen LogP contribution in [0, 0.1) is 0 Å². The van der Waals surface area contributed by atoms with E-state index in [1.54, 1.807) is 13.8 Å². The van der Waals surface area contributed by atoms with Crippen molar-refractivity contribution in [3.8, 4) is 0 Å². The standard InChI is InChI=1S/C10H16O8S/c1-10(2)16-7-6(5-4-14-19(11,12)18-5)15-9(13-3)8(7)17-10/h5-9H,4H2,1-3H3/t5-,6-,7+,8+,9+/m1/s1. The van der Waals surface area contributed by atoms with Crippen LogP contribution in [0.25, 0.3) is 0 Å². The molecule has 0 N–H and O–H groups in total. The largest absolute Gasteiger partial charge is 0.400 e. The van der Waals surface area contributed by atoms with E-state index in [4.69, 9.17) is 23.1 Å². The van der Waals surface area contributed by atoms with Crippen molar-refractivity contribution in [1.29, 1.82) is 0 Å². The highest BCUT2D eigenvalue weighted by molar-refractivity contribution is 7.82. The molecule has 19 heavy (non-hydrogen) atoms. The summed E-state index contributed by atoms with van der Waals surface area (Å²) < 4.78 is 54.0. The smallest absolute Gasteiger partial charge is 0.353 e. The van der Waals surface area contributed by atoms with Crippen LogP contribution >= 0.6 is 0 Å². The van der Waals surface area contributed by atoms with Gasteiger partial charge in [-0.3, -0.25) is 0 Å².